The summed E-state index contributed by atoms with van der Waals surface area (Å²) in [6.45, 7) is 5.41. The van der Waals surface area contributed by atoms with Gasteiger partial charge in [0.2, 0.25) is 0 Å². The van der Waals surface area contributed by atoms with Crippen LogP contribution in [0.4, 0.5) is 0 Å². The molecule has 86 valence electrons. The molecule has 0 radical (unpaired) electrons. The van der Waals surface area contributed by atoms with Crippen molar-refractivity contribution in [3.63, 3.8) is 0 Å². The number of nitrogens with zero attached hydrogens (tertiary/aromatic N) is 2. The number of carboxylic acid groups (broad SMARTS) is 1. The van der Waals surface area contributed by atoms with Gasteiger partial charge in [-0.05, 0) is 14.0 Å². The SMILES string of the molecule is CC(C(=O)O)N1CCN(C)CC1.Cl.Cl. The van der Waals surface area contributed by atoms with Crippen LogP contribution in [-0.4, -0.2) is 60.1 Å². The van der Waals surface area contributed by atoms with Gasteiger partial charge in [-0.1, -0.05) is 0 Å². The molecule has 0 bridgehead atoms. The molecular weight excluding hydrogens is 227 g/mol. The van der Waals surface area contributed by atoms with Crippen molar-refractivity contribution in [1.82, 2.24) is 9.80 Å². The number of rotatable bonds is 2. The van der Waals surface area contributed by atoms with E-state index in [2.05, 4.69) is 11.9 Å². The van der Waals surface area contributed by atoms with Crippen LogP contribution in [0.3, 0.4) is 0 Å². The molecule has 1 rings (SSSR count). The van der Waals surface area contributed by atoms with Crippen LogP contribution in [0.5, 0.6) is 0 Å². The number of carboxylic acids is 1. The molecule has 4 nitrogen and oxygen atoms in total. The standard InChI is InChI=1S/C8H16N2O2.2ClH/c1-7(8(11)12)10-5-3-9(2)4-6-10;;/h7H,3-6H2,1-2H3,(H,11,12);2*1H. The summed E-state index contributed by atoms with van der Waals surface area (Å²) in [6.07, 6.45) is 0. The lowest BCUT2D eigenvalue weighted by Crippen LogP contribution is -2.50. The highest BCUT2D eigenvalue weighted by atomic mass is 35.5. The van der Waals surface area contributed by atoms with E-state index in [-0.39, 0.29) is 30.9 Å². The summed E-state index contributed by atoms with van der Waals surface area (Å²) in [5, 5.41) is 8.74. The molecule has 1 unspecified atom stereocenters. The van der Waals surface area contributed by atoms with Crippen molar-refractivity contribution in [2.24, 2.45) is 0 Å². The van der Waals surface area contributed by atoms with Gasteiger partial charge < -0.3 is 10.0 Å². The van der Waals surface area contributed by atoms with Crippen LogP contribution in [0.15, 0.2) is 0 Å². The first-order chi connectivity index (χ1) is 5.61. The van der Waals surface area contributed by atoms with Gasteiger partial charge >= 0.3 is 5.97 Å². The van der Waals surface area contributed by atoms with Crippen molar-refractivity contribution in [1.29, 1.82) is 0 Å². The molecule has 14 heavy (non-hydrogen) atoms. The van der Waals surface area contributed by atoms with Crippen molar-refractivity contribution in [3.8, 4) is 0 Å². The maximum Gasteiger partial charge on any atom is 0.320 e. The number of hydrogen-bond donors (Lipinski definition) is 1. The van der Waals surface area contributed by atoms with Crippen LogP contribution in [0, 0.1) is 0 Å². The van der Waals surface area contributed by atoms with E-state index in [0.29, 0.717) is 0 Å². The summed E-state index contributed by atoms with van der Waals surface area (Å²) < 4.78 is 0. The third kappa shape index (κ3) is 4.46. The van der Waals surface area contributed by atoms with Crippen molar-refractivity contribution in [2.45, 2.75) is 13.0 Å². The molecular formula is C8H18Cl2N2O2. The zero-order chi connectivity index (χ0) is 9.14. The third-order valence-corrected chi connectivity index (χ3v) is 2.44. The number of halogens is 2. The quantitative estimate of drug-likeness (QED) is 0.771. The van der Waals surface area contributed by atoms with E-state index in [1.54, 1.807) is 6.92 Å². The smallest absolute Gasteiger partial charge is 0.320 e. The number of aliphatic carboxylic acids is 1. The summed E-state index contributed by atoms with van der Waals surface area (Å²) >= 11 is 0. The van der Waals surface area contributed by atoms with Crippen LogP contribution >= 0.6 is 24.8 Å². The molecule has 1 aliphatic heterocycles. The van der Waals surface area contributed by atoms with Crippen LogP contribution in [0.25, 0.3) is 0 Å². The Kier molecular flexibility index (Phi) is 8.54. The van der Waals surface area contributed by atoms with Gasteiger partial charge in [0, 0.05) is 26.2 Å². The Balaban J connectivity index is 0. The molecule has 6 heteroatoms. The Hall–Kier alpha value is -0.0300. The molecule has 0 aromatic heterocycles. The molecule has 1 saturated heterocycles. The molecule has 1 fully saturated rings. The first-order valence-electron chi connectivity index (χ1n) is 4.26. The number of piperazine rings is 1. The summed E-state index contributed by atoms with van der Waals surface area (Å²) in [7, 11) is 2.06. The van der Waals surface area contributed by atoms with Gasteiger partial charge in [-0.2, -0.15) is 0 Å². The summed E-state index contributed by atoms with van der Waals surface area (Å²) in [6, 6.07) is -0.335. The highest BCUT2D eigenvalue weighted by Crippen LogP contribution is 2.04. The average molecular weight is 245 g/mol. The highest BCUT2D eigenvalue weighted by Gasteiger charge is 2.23. The highest BCUT2D eigenvalue weighted by molar-refractivity contribution is 5.85. The topological polar surface area (TPSA) is 43.8 Å². The predicted molar refractivity (Wildman–Crippen MR) is 60.7 cm³/mol. The van der Waals surface area contributed by atoms with Crippen molar-refractivity contribution >= 4 is 30.8 Å². The summed E-state index contributed by atoms with van der Waals surface area (Å²) in [5.74, 6) is -0.723. The van der Waals surface area contributed by atoms with E-state index in [1.807, 2.05) is 4.90 Å². The van der Waals surface area contributed by atoms with Gasteiger partial charge in [0.25, 0.3) is 0 Å². The monoisotopic (exact) mass is 244 g/mol. The van der Waals surface area contributed by atoms with E-state index in [1.165, 1.54) is 0 Å². The third-order valence-electron chi connectivity index (χ3n) is 2.44. The van der Waals surface area contributed by atoms with E-state index >= 15 is 0 Å². The minimum Gasteiger partial charge on any atom is -0.480 e. The fourth-order valence-electron chi connectivity index (χ4n) is 1.37. The number of hydrogen-bond acceptors (Lipinski definition) is 3. The lowest BCUT2D eigenvalue weighted by atomic mass is 10.2. The Bertz CT molecular complexity index is 173. The van der Waals surface area contributed by atoms with Gasteiger partial charge in [0.15, 0.2) is 0 Å². The average Bonchev–Trinajstić information content (AvgIpc) is 2.04. The lowest BCUT2D eigenvalue weighted by molar-refractivity contribution is -0.143. The van der Waals surface area contributed by atoms with E-state index < -0.39 is 5.97 Å². The molecule has 1 N–H and O–H groups in total. The summed E-state index contributed by atoms with van der Waals surface area (Å²) in [5.41, 5.74) is 0. The second kappa shape index (κ2) is 7.29. The van der Waals surface area contributed by atoms with Gasteiger partial charge in [-0.15, -0.1) is 24.8 Å². The number of likely N-dealkylation sites (N-methyl/N-ethyl adjacent to an activating group) is 1. The molecule has 1 aliphatic rings. The van der Waals surface area contributed by atoms with Gasteiger partial charge in [-0.3, -0.25) is 9.69 Å². The fourth-order valence-corrected chi connectivity index (χ4v) is 1.37. The maximum atomic E-state index is 10.6. The Morgan fingerprint density at radius 3 is 2.00 bits per heavy atom. The van der Waals surface area contributed by atoms with Crippen molar-refractivity contribution in [2.75, 3.05) is 33.2 Å². The molecule has 0 aliphatic carbocycles. The molecule has 0 spiro atoms. The second-order valence-corrected chi connectivity index (χ2v) is 3.35. The Morgan fingerprint density at radius 1 is 1.21 bits per heavy atom. The normalized spacial score (nSPS) is 20.4. The Morgan fingerprint density at radius 2 is 1.64 bits per heavy atom. The molecule has 0 aromatic rings. The van der Waals surface area contributed by atoms with Crippen molar-refractivity contribution in [3.05, 3.63) is 0 Å². The van der Waals surface area contributed by atoms with Gasteiger partial charge in [0.1, 0.15) is 6.04 Å². The molecule has 0 aromatic carbocycles. The fraction of sp³-hybridized carbons (Fsp3) is 0.875. The van der Waals surface area contributed by atoms with Crippen LogP contribution < -0.4 is 0 Å². The van der Waals surface area contributed by atoms with Gasteiger partial charge in [-0.25, -0.2) is 0 Å². The molecule has 0 saturated carbocycles. The van der Waals surface area contributed by atoms with Crippen LogP contribution in [-0.2, 0) is 4.79 Å². The lowest BCUT2D eigenvalue weighted by Gasteiger charge is -2.34. The van der Waals surface area contributed by atoms with E-state index in [0.717, 1.165) is 26.2 Å². The molecule has 0 amide bonds. The Labute approximate surface area is 97.1 Å². The zero-order valence-corrected chi connectivity index (χ0v) is 10.1. The van der Waals surface area contributed by atoms with E-state index in [9.17, 15) is 4.79 Å². The van der Waals surface area contributed by atoms with E-state index in [4.69, 9.17) is 5.11 Å². The minimum atomic E-state index is -0.723. The minimum absolute atomic E-state index is 0. The maximum absolute atomic E-state index is 10.6. The first kappa shape index (κ1) is 16.4. The predicted octanol–water partition coefficient (Wildman–Crippen LogP) is 0.551. The number of carbonyl (C=O) groups is 1. The van der Waals surface area contributed by atoms with Crippen molar-refractivity contribution < 1.29 is 9.90 Å². The zero-order valence-electron chi connectivity index (χ0n) is 8.47. The van der Waals surface area contributed by atoms with Gasteiger partial charge in [0.05, 0.1) is 0 Å². The largest absolute Gasteiger partial charge is 0.480 e. The molecule has 1 atom stereocenters. The molecule has 1 heterocycles. The summed E-state index contributed by atoms with van der Waals surface area (Å²) in [4.78, 5) is 14.8. The first-order valence-corrected chi connectivity index (χ1v) is 4.26. The second-order valence-electron chi connectivity index (χ2n) is 3.35. The van der Waals surface area contributed by atoms with Crippen LogP contribution in [0.1, 0.15) is 6.92 Å². The van der Waals surface area contributed by atoms with Crippen LogP contribution in [0.2, 0.25) is 0 Å².